The zero-order valence-corrected chi connectivity index (χ0v) is 9.40. The van der Waals surface area contributed by atoms with E-state index in [-0.39, 0.29) is 11.5 Å². The molecule has 0 saturated carbocycles. The lowest BCUT2D eigenvalue weighted by atomic mass is 9.83. The Kier molecular flexibility index (Phi) is 3.45. The van der Waals surface area contributed by atoms with Gasteiger partial charge >= 0.3 is 0 Å². The van der Waals surface area contributed by atoms with Crippen molar-refractivity contribution in [3.8, 4) is 0 Å². The number of rotatable bonds is 4. The molecule has 1 unspecified atom stereocenters. The average molecular weight is 198 g/mol. The number of thiazole rings is 1. The molecule has 13 heavy (non-hydrogen) atoms. The van der Waals surface area contributed by atoms with E-state index in [1.807, 2.05) is 11.6 Å². The summed E-state index contributed by atoms with van der Waals surface area (Å²) in [6.45, 7) is 6.55. The van der Waals surface area contributed by atoms with Crippen LogP contribution in [0.3, 0.4) is 0 Å². The number of hydrogen-bond acceptors (Lipinski definition) is 3. The standard InChI is InChI=1S/C10H18N2S/c1-8(11)6-10(2,3)7-9-12-4-5-13-9/h4-5,8H,6-7,11H2,1-3H3. The zero-order chi connectivity index (χ0) is 9.90. The normalized spacial score (nSPS) is 14.5. The predicted molar refractivity (Wildman–Crippen MR) is 57.9 cm³/mol. The number of aromatic nitrogens is 1. The Hall–Kier alpha value is -0.410. The summed E-state index contributed by atoms with van der Waals surface area (Å²) in [6, 6.07) is 0.273. The molecule has 74 valence electrons. The molecule has 0 saturated heterocycles. The second kappa shape index (κ2) is 4.20. The van der Waals surface area contributed by atoms with E-state index in [1.54, 1.807) is 11.3 Å². The van der Waals surface area contributed by atoms with Crippen LogP contribution >= 0.6 is 11.3 Å². The van der Waals surface area contributed by atoms with Crippen molar-refractivity contribution in [2.24, 2.45) is 11.1 Å². The third-order valence-electron chi connectivity index (χ3n) is 1.99. The van der Waals surface area contributed by atoms with E-state index in [0.717, 1.165) is 12.8 Å². The van der Waals surface area contributed by atoms with Crippen LogP contribution in [0.2, 0.25) is 0 Å². The van der Waals surface area contributed by atoms with Crippen LogP contribution < -0.4 is 5.73 Å². The van der Waals surface area contributed by atoms with Crippen molar-refractivity contribution in [3.63, 3.8) is 0 Å². The predicted octanol–water partition coefficient (Wildman–Crippen LogP) is 2.45. The highest BCUT2D eigenvalue weighted by atomic mass is 32.1. The minimum Gasteiger partial charge on any atom is -0.328 e. The van der Waals surface area contributed by atoms with Crippen molar-refractivity contribution in [2.75, 3.05) is 0 Å². The third kappa shape index (κ3) is 3.87. The molecule has 0 aromatic carbocycles. The molecule has 0 aliphatic carbocycles. The Labute approximate surface area is 84.2 Å². The molecule has 2 nitrogen and oxygen atoms in total. The highest BCUT2D eigenvalue weighted by molar-refractivity contribution is 7.09. The smallest absolute Gasteiger partial charge is 0.0930 e. The average Bonchev–Trinajstić information content (AvgIpc) is 2.34. The summed E-state index contributed by atoms with van der Waals surface area (Å²) in [5.74, 6) is 0. The lowest BCUT2D eigenvalue weighted by Gasteiger charge is -2.25. The summed E-state index contributed by atoms with van der Waals surface area (Å²) in [7, 11) is 0. The van der Waals surface area contributed by atoms with Gasteiger partial charge in [0.2, 0.25) is 0 Å². The molecule has 0 amide bonds. The Balaban J connectivity index is 2.51. The maximum atomic E-state index is 5.79. The van der Waals surface area contributed by atoms with E-state index in [9.17, 15) is 0 Å². The Bertz CT molecular complexity index is 239. The van der Waals surface area contributed by atoms with E-state index in [1.165, 1.54) is 5.01 Å². The summed E-state index contributed by atoms with van der Waals surface area (Å²) in [5, 5.41) is 3.24. The van der Waals surface area contributed by atoms with Gasteiger partial charge in [0, 0.05) is 24.0 Å². The Morgan fingerprint density at radius 1 is 1.62 bits per heavy atom. The molecule has 0 aliphatic heterocycles. The second-order valence-electron chi connectivity index (χ2n) is 4.45. The van der Waals surface area contributed by atoms with Crippen molar-refractivity contribution >= 4 is 11.3 Å². The summed E-state index contributed by atoms with van der Waals surface area (Å²) in [6.07, 6.45) is 3.95. The minimum absolute atomic E-state index is 0.270. The van der Waals surface area contributed by atoms with Gasteiger partial charge in [-0.3, -0.25) is 0 Å². The van der Waals surface area contributed by atoms with Gasteiger partial charge in [-0.05, 0) is 18.8 Å². The highest BCUT2D eigenvalue weighted by Crippen LogP contribution is 2.27. The fraction of sp³-hybridized carbons (Fsp3) is 0.700. The minimum atomic E-state index is 0.270. The monoisotopic (exact) mass is 198 g/mol. The summed E-state index contributed by atoms with van der Waals surface area (Å²) in [4.78, 5) is 4.29. The largest absolute Gasteiger partial charge is 0.328 e. The van der Waals surface area contributed by atoms with Crippen LogP contribution in [0.25, 0.3) is 0 Å². The topological polar surface area (TPSA) is 38.9 Å². The summed E-state index contributed by atoms with van der Waals surface area (Å²) in [5.41, 5.74) is 6.06. The van der Waals surface area contributed by atoms with E-state index in [0.29, 0.717) is 0 Å². The van der Waals surface area contributed by atoms with Crippen molar-refractivity contribution in [1.29, 1.82) is 0 Å². The second-order valence-corrected chi connectivity index (χ2v) is 5.43. The van der Waals surface area contributed by atoms with Gasteiger partial charge < -0.3 is 5.73 Å². The molecule has 1 aromatic heterocycles. The molecule has 0 fully saturated rings. The van der Waals surface area contributed by atoms with E-state index in [4.69, 9.17) is 5.73 Å². The molecule has 0 bridgehead atoms. The first-order valence-corrected chi connectivity index (χ1v) is 5.51. The number of hydrogen-bond donors (Lipinski definition) is 1. The number of nitrogens with zero attached hydrogens (tertiary/aromatic N) is 1. The fourth-order valence-corrected chi connectivity index (χ4v) is 2.57. The van der Waals surface area contributed by atoms with Crippen LogP contribution in [0.1, 0.15) is 32.2 Å². The van der Waals surface area contributed by atoms with Crippen LogP contribution in [-0.2, 0) is 6.42 Å². The van der Waals surface area contributed by atoms with E-state index < -0.39 is 0 Å². The van der Waals surface area contributed by atoms with E-state index in [2.05, 4.69) is 25.8 Å². The van der Waals surface area contributed by atoms with Crippen molar-refractivity contribution < 1.29 is 0 Å². The maximum absolute atomic E-state index is 5.79. The molecule has 1 aromatic rings. The molecule has 1 heterocycles. The molecular formula is C10H18N2S. The van der Waals surface area contributed by atoms with Gasteiger partial charge in [-0.25, -0.2) is 4.98 Å². The molecule has 0 spiro atoms. The highest BCUT2D eigenvalue weighted by Gasteiger charge is 2.21. The van der Waals surface area contributed by atoms with Crippen molar-refractivity contribution in [2.45, 2.75) is 39.7 Å². The first-order chi connectivity index (χ1) is 5.99. The van der Waals surface area contributed by atoms with Gasteiger partial charge in [0.05, 0.1) is 5.01 Å². The summed E-state index contributed by atoms with van der Waals surface area (Å²) < 4.78 is 0. The van der Waals surface area contributed by atoms with Crippen LogP contribution in [0, 0.1) is 5.41 Å². The SMILES string of the molecule is CC(N)CC(C)(C)Cc1nccs1. The molecule has 1 rings (SSSR count). The van der Waals surface area contributed by atoms with Crippen LogP contribution in [0.4, 0.5) is 0 Å². The Morgan fingerprint density at radius 2 is 2.31 bits per heavy atom. The van der Waals surface area contributed by atoms with Gasteiger partial charge in [-0.2, -0.15) is 0 Å². The van der Waals surface area contributed by atoms with E-state index >= 15 is 0 Å². The van der Waals surface area contributed by atoms with Gasteiger partial charge in [0.15, 0.2) is 0 Å². The summed E-state index contributed by atoms with van der Waals surface area (Å²) >= 11 is 1.72. The van der Waals surface area contributed by atoms with Crippen LogP contribution in [0.5, 0.6) is 0 Å². The lowest BCUT2D eigenvalue weighted by Crippen LogP contribution is -2.26. The molecule has 2 N–H and O–H groups in total. The quantitative estimate of drug-likeness (QED) is 0.807. The molecule has 0 aliphatic rings. The zero-order valence-electron chi connectivity index (χ0n) is 8.58. The molecular weight excluding hydrogens is 180 g/mol. The maximum Gasteiger partial charge on any atom is 0.0930 e. The van der Waals surface area contributed by atoms with Gasteiger partial charge in [0.1, 0.15) is 0 Å². The lowest BCUT2D eigenvalue weighted by molar-refractivity contribution is 0.309. The van der Waals surface area contributed by atoms with Crippen LogP contribution in [0.15, 0.2) is 11.6 Å². The molecule has 1 atom stereocenters. The first kappa shape index (κ1) is 10.7. The first-order valence-electron chi connectivity index (χ1n) is 4.63. The Morgan fingerprint density at radius 3 is 2.77 bits per heavy atom. The van der Waals surface area contributed by atoms with Gasteiger partial charge in [0.25, 0.3) is 0 Å². The van der Waals surface area contributed by atoms with Gasteiger partial charge in [-0.1, -0.05) is 13.8 Å². The fourth-order valence-electron chi connectivity index (χ4n) is 1.69. The van der Waals surface area contributed by atoms with Crippen molar-refractivity contribution in [1.82, 2.24) is 4.98 Å². The van der Waals surface area contributed by atoms with Gasteiger partial charge in [-0.15, -0.1) is 11.3 Å². The molecule has 0 radical (unpaired) electrons. The number of nitrogens with two attached hydrogens (primary N) is 1. The van der Waals surface area contributed by atoms with Crippen LogP contribution in [-0.4, -0.2) is 11.0 Å². The third-order valence-corrected chi connectivity index (χ3v) is 2.77. The molecule has 3 heteroatoms. The van der Waals surface area contributed by atoms with Crippen molar-refractivity contribution in [3.05, 3.63) is 16.6 Å².